The molecule has 0 aliphatic heterocycles. The van der Waals surface area contributed by atoms with Crippen LogP contribution in [-0.2, 0) is 21.9 Å². The number of ketones is 1. The summed E-state index contributed by atoms with van der Waals surface area (Å²) in [5.41, 5.74) is 0. The van der Waals surface area contributed by atoms with Crippen molar-refractivity contribution in [1.82, 2.24) is 0 Å². The van der Waals surface area contributed by atoms with Crippen molar-refractivity contribution in [2.45, 2.75) is 18.3 Å². The van der Waals surface area contributed by atoms with Crippen molar-refractivity contribution in [2.24, 2.45) is 0 Å². The molecule has 6 nitrogen and oxygen atoms in total. The van der Waals surface area contributed by atoms with E-state index in [0.717, 1.165) is 0 Å². The molecule has 3 atom stereocenters. The Morgan fingerprint density at radius 1 is 1.15 bits per heavy atom. The van der Waals surface area contributed by atoms with Crippen LogP contribution in [-0.4, -0.2) is 62.8 Å². The minimum absolute atomic E-state index is 0. The largest absolute Gasteiger partial charge is 0.394 e. The quantitative estimate of drug-likeness (QED) is 0.318. The number of rotatable bonds is 5. The Morgan fingerprint density at radius 2 is 1.62 bits per heavy atom. The number of hydrogen-bond acceptors (Lipinski definition) is 6. The van der Waals surface area contributed by atoms with Crippen molar-refractivity contribution in [1.29, 1.82) is 0 Å². The maximum atomic E-state index is 10.5. The number of aliphatic hydroxyl groups is 5. The van der Waals surface area contributed by atoms with Gasteiger partial charge in [-0.25, -0.2) is 0 Å². The second-order valence-electron chi connectivity index (χ2n) is 2.31. The molecule has 0 rings (SSSR count). The molecule has 0 aromatic carbocycles. The molecule has 0 fully saturated rings. The molecule has 0 saturated carbocycles. The van der Waals surface area contributed by atoms with Gasteiger partial charge < -0.3 is 25.5 Å². The Labute approximate surface area is 85.3 Å². The number of carbonyl (C=O) groups is 1. The summed E-state index contributed by atoms with van der Waals surface area (Å²) in [5, 5.41) is 43.1. The fourth-order valence-electron chi connectivity index (χ4n) is 0.602. The van der Waals surface area contributed by atoms with E-state index < -0.39 is 37.3 Å². The van der Waals surface area contributed by atoms with Gasteiger partial charge in [0.2, 0.25) is 0 Å². The fraction of sp³-hybridized carbons (Fsp3) is 0.833. The number of Topliss-reactive ketones (excluding diaryl/α,β-unsaturated/α-hetero) is 1. The summed E-state index contributed by atoms with van der Waals surface area (Å²) >= 11 is 0. The Balaban J connectivity index is 0. The SMILES string of the molecule is O=C(CO)[C@H](O)[C@@H](O)[C@H](O)CO.[Fe]. The van der Waals surface area contributed by atoms with Crippen LogP contribution >= 0.6 is 0 Å². The molecule has 5 N–H and O–H groups in total. The molecule has 7 heteroatoms. The Kier molecular flexibility index (Phi) is 8.80. The molecule has 0 heterocycles. The first-order chi connectivity index (χ1) is 5.54. The predicted octanol–water partition coefficient (Wildman–Crippen LogP) is -3.38. The molecule has 80 valence electrons. The monoisotopic (exact) mass is 236 g/mol. The smallest absolute Gasteiger partial charge is 0.189 e. The van der Waals surface area contributed by atoms with Crippen molar-refractivity contribution in [3.05, 3.63) is 0 Å². The fourth-order valence-corrected chi connectivity index (χ4v) is 0.602. The Bertz CT molecular complexity index is 152. The van der Waals surface area contributed by atoms with Gasteiger partial charge in [-0.05, 0) is 0 Å². The zero-order valence-electron chi connectivity index (χ0n) is 6.64. The van der Waals surface area contributed by atoms with Crippen LogP contribution in [0.1, 0.15) is 0 Å². The van der Waals surface area contributed by atoms with Gasteiger partial charge in [0.05, 0.1) is 6.61 Å². The maximum Gasteiger partial charge on any atom is 0.189 e. The third kappa shape index (κ3) is 4.68. The molecule has 0 aliphatic rings. The molecule has 0 aromatic rings. The summed E-state index contributed by atoms with van der Waals surface area (Å²) in [6.07, 6.45) is -5.22. The third-order valence-corrected chi connectivity index (χ3v) is 1.39. The first kappa shape index (κ1) is 15.5. The van der Waals surface area contributed by atoms with E-state index in [9.17, 15) is 4.79 Å². The van der Waals surface area contributed by atoms with Crippen LogP contribution in [0.15, 0.2) is 0 Å². The first-order valence-electron chi connectivity index (χ1n) is 3.33. The van der Waals surface area contributed by atoms with E-state index in [1.54, 1.807) is 0 Å². The number of hydrogen-bond donors (Lipinski definition) is 5. The number of carbonyl (C=O) groups excluding carboxylic acids is 1. The van der Waals surface area contributed by atoms with Crippen molar-refractivity contribution in [3.8, 4) is 0 Å². The average Bonchev–Trinajstić information content (AvgIpc) is 2.12. The van der Waals surface area contributed by atoms with E-state index in [-0.39, 0.29) is 17.1 Å². The van der Waals surface area contributed by atoms with E-state index in [0.29, 0.717) is 0 Å². The van der Waals surface area contributed by atoms with Crippen LogP contribution in [0.2, 0.25) is 0 Å². The van der Waals surface area contributed by atoms with E-state index in [1.165, 1.54) is 0 Å². The summed E-state index contributed by atoms with van der Waals surface area (Å²) in [5.74, 6) is -1.00. The zero-order chi connectivity index (χ0) is 9.72. The molecule has 0 aliphatic carbocycles. The molecule has 0 saturated heterocycles. The van der Waals surface area contributed by atoms with E-state index in [4.69, 9.17) is 25.5 Å². The Morgan fingerprint density at radius 3 is 1.92 bits per heavy atom. The van der Waals surface area contributed by atoms with Crippen LogP contribution < -0.4 is 0 Å². The van der Waals surface area contributed by atoms with Crippen molar-refractivity contribution in [2.75, 3.05) is 13.2 Å². The van der Waals surface area contributed by atoms with Gasteiger partial charge in [0, 0.05) is 17.1 Å². The summed E-state index contributed by atoms with van der Waals surface area (Å²) in [6, 6.07) is 0. The molecule has 0 amide bonds. The normalized spacial score (nSPS) is 17.0. The molecular weight excluding hydrogens is 224 g/mol. The van der Waals surface area contributed by atoms with Crippen LogP contribution in [0.3, 0.4) is 0 Å². The summed E-state index contributed by atoms with van der Waals surface area (Å²) < 4.78 is 0. The van der Waals surface area contributed by atoms with Gasteiger partial charge in [-0.2, -0.15) is 0 Å². The van der Waals surface area contributed by atoms with Crippen LogP contribution in [0.4, 0.5) is 0 Å². The van der Waals surface area contributed by atoms with Gasteiger partial charge in [0.15, 0.2) is 5.78 Å². The first-order valence-corrected chi connectivity index (χ1v) is 3.33. The van der Waals surface area contributed by atoms with Crippen molar-refractivity contribution in [3.63, 3.8) is 0 Å². The zero-order valence-corrected chi connectivity index (χ0v) is 7.75. The Hall–Kier alpha value is -0.0105. The molecule has 0 bridgehead atoms. The van der Waals surface area contributed by atoms with E-state index in [2.05, 4.69) is 0 Å². The average molecular weight is 236 g/mol. The topological polar surface area (TPSA) is 118 Å². The molecular formula is C6H12FeO6. The second kappa shape index (κ2) is 7.40. The van der Waals surface area contributed by atoms with Crippen molar-refractivity contribution < 1.29 is 47.4 Å². The standard InChI is InChI=1S/C6H12O6.Fe/c7-1-3(9)5(11)6(12)4(10)2-8;/h3,5-9,11-12H,1-2H2;/t3-,5+,6+;/m1./s1. The van der Waals surface area contributed by atoms with Gasteiger partial charge >= 0.3 is 0 Å². The minimum Gasteiger partial charge on any atom is -0.394 e. The third-order valence-electron chi connectivity index (χ3n) is 1.39. The van der Waals surface area contributed by atoms with Crippen LogP contribution in [0.5, 0.6) is 0 Å². The minimum atomic E-state index is -1.86. The van der Waals surface area contributed by atoms with E-state index in [1.807, 2.05) is 0 Å². The maximum absolute atomic E-state index is 10.5. The summed E-state index contributed by atoms with van der Waals surface area (Å²) in [7, 11) is 0. The number of aliphatic hydroxyl groups excluding tert-OH is 5. The van der Waals surface area contributed by atoms with Crippen LogP contribution in [0, 0.1) is 0 Å². The van der Waals surface area contributed by atoms with Gasteiger partial charge in [0.25, 0.3) is 0 Å². The molecule has 0 aromatic heterocycles. The molecule has 0 spiro atoms. The van der Waals surface area contributed by atoms with E-state index >= 15 is 0 Å². The van der Waals surface area contributed by atoms with Crippen LogP contribution in [0.25, 0.3) is 0 Å². The summed E-state index contributed by atoms with van der Waals surface area (Å²) in [6.45, 7) is -1.69. The molecule has 0 radical (unpaired) electrons. The van der Waals surface area contributed by atoms with Gasteiger partial charge in [-0.1, -0.05) is 0 Å². The van der Waals surface area contributed by atoms with Gasteiger partial charge in [-0.3, -0.25) is 4.79 Å². The molecule has 0 unspecified atom stereocenters. The van der Waals surface area contributed by atoms with Gasteiger partial charge in [0.1, 0.15) is 24.9 Å². The molecule has 13 heavy (non-hydrogen) atoms. The second-order valence-corrected chi connectivity index (χ2v) is 2.31. The van der Waals surface area contributed by atoms with Gasteiger partial charge in [-0.15, -0.1) is 0 Å². The predicted molar refractivity (Wildman–Crippen MR) is 37.2 cm³/mol. The van der Waals surface area contributed by atoms with Crippen molar-refractivity contribution >= 4 is 5.78 Å². The summed E-state index contributed by atoms with van der Waals surface area (Å²) in [4.78, 5) is 10.5.